The van der Waals surface area contributed by atoms with Crippen LogP contribution in [0, 0.1) is 0 Å². The van der Waals surface area contributed by atoms with Gasteiger partial charge in [0, 0.05) is 17.0 Å². The molecule has 0 amide bonds. The third-order valence-electron chi connectivity index (χ3n) is 5.12. The third kappa shape index (κ3) is 1.95. The largest absolute Gasteiger partial charge is 0.496 e. The second kappa shape index (κ2) is 5.26. The number of ether oxygens (including phenoxy) is 3. The third-order valence-corrected chi connectivity index (χ3v) is 5.12. The Balaban J connectivity index is 2.62. The zero-order chi connectivity index (χ0) is 17.9. The van der Waals surface area contributed by atoms with Crippen molar-refractivity contribution in [3.63, 3.8) is 0 Å². The van der Waals surface area contributed by atoms with Crippen LogP contribution in [-0.2, 0) is 16.3 Å². The maximum absolute atomic E-state index is 13.1. The van der Waals surface area contributed by atoms with E-state index < -0.39 is 11.1 Å². The molecule has 1 heterocycles. The smallest absolute Gasteiger partial charge is 0.134 e. The van der Waals surface area contributed by atoms with Crippen molar-refractivity contribution in [2.45, 2.75) is 38.8 Å². The Morgan fingerprint density at radius 3 is 1.92 bits per heavy atom. The number of nitrogens with zero attached hydrogens (tertiary/aromatic N) is 1. The molecule has 0 saturated heterocycles. The summed E-state index contributed by atoms with van der Waals surface area (Å²) in [5, 5.41) is 16.2. The average Bonchev–Trinajstić information content (AvgIpc) is 2.56. The number of benzene rings is 2. The van der Waals surface area contributed by atoms with E-state index in [1.54, 1.807) is 21.3 Å². The fourth-order valence-corrected chi connectivity index (χ4v) is 3.99. The van der Waals surface area contributed by atoms with Gasteiger partial charge in [0.1, 0.15) is 17.2 Å². The van der Waals surface area contributed by atoms with Gasteiger partial charge in [0.05, 0.1) is 37.8 Å². The highest BCUT2D eigenvalue weighted by Gasteiger charge is 2.49. The van der Waals surface area contributed by atoms with Crippen LogP contribution in [0.15, 0.2) is 18.2 Å². The van der Waals surface area contributed by atoms with Crippen molar-refractivity contribution in [2.75, 3.05) is 21.3 Å². The lowest BCUT2D eigenvalue weighted by molar-refractivity contribution is -0.281. The van der Waals surface area contributed by atoms with Crippen molar-refractivity contribution in [2.24, 2.45) is 0 Å². The van der Waals surface area contributed by atoms with Crippen LogP contribution in [0.4, 0.5) is 0 Å². The lowest BCUT2D eigenvalue weighted by Crippen LogP contribution is -2.52. The molecule has 3 rings (SSSR count). The fraction of sp³-hybridized carbons (Fsp3) is 0.474. The summed E-state index contributed by atoms with van der Waals surface area (Å²) < 4.78 is 16.8. The topological polar surface area (TPSA) is 50.8 Å². The van der Waals surface area contributed by atoms with Crippen molar-refractivity contribution in [1.82, 2.24) is 5.06 Å². The van der Waals surface area contributed by atoms with Gasteiger partial charge in [-0.1, -0.05) is 6.07 Å². The number of hydroxylamine groups is 2. The summed E-state index contributed by atoms with van der Waals surface area (Å²) >= 11 is 0. The Labute approximate surface area is 142 Å². The predicted octanol–water partition coefficient (Wildman–Crippen LogP) is 4.00. The molecule has 0 aromatic heterocycles. The van der Waals surface area contributed by atoms with Gasteiger partial charge in [-0.05, 0) is 39.3 Å². The lowest BCUT2D eigenvalue weighted by atomic mass is 9.74. The van der Waals surface area contributed by atoms with Crippen molar-refractivity contribution in [1.29, 1.82) is 0 Å². The molecule has 0 fully saturated rings. The van der Waals surface area contributed by atoms with Gasteiger partial charge in [-0.25, -0.2) is 0 Å². The molecule has 1 aliphatic rings. The van der Waals surface area contributed by atoms with E-state index >= 15 is 0 Å². The highest BCUT2D eigenvalue weighted by molar-refractivity contribution is 6.01. The minimum atomic E-state index is -0.751. The summed E-state index contributed by atoms with van der Waals surface area (Å²) in [5.41, 5.74) is 0.376. The molecule has 2 aromatic carbocycles. The summed E-state index contributed by atoms with van der Waals surface area (Å²) in [6.45, 7) is 7.73. The van der Waals surface area contributed by atoms with E-state index in [1.807, 2.05) is 45.9 Å². The lowest BCUT2D eigenvalue weighted by Gasteiger charge is -2.48. The van der Waals surface area contributed by atoms with Crippen LogP contribution in [0.1, 0.15) is 38.8 Å². The minimum absolute atomic E-state index is 0.648. The molecule has 5 nitrogen and oxygen atoms in total. The zero-order valence-corrected chi connectivity index (χ0v) is 15.3. The fourth-order valence-electron chi connectivity index (χ4n) is 3.99. The molecule has 0 unspecified atom stereocenters. The molecule has 1 radical (unpaired) electrons. The molecular formula is C19H24NO4. The SMILES string of the molecule is COc1cc(OC)c2c(OC)ccc3c2c1C(C)(C)N([O])C3(C)C. The number of hydrogen-bond donors (Lipinski definition) is 0. The molecule has 2 aromatic rings. The van der Waals surface area contributed by atoms with Gasteiger partial charge in [0.2, 0.25) is 0 Å². The first-order chi connectivity index (χ1) is 11.2. The number of rotatable bonds is 3. The van der Waals surface area contributed by atoms with Gasteiger partial charge < -0.3 is 14.2 Å². The van der Waals surface area contributed by atoms with Gasteiger partial charge in [-0.2, -0.15) is 0 Å². The Hall–Kier alpha value is -1.98. The maximum Gasteiger partial charge on any atom is 0.134 e. The molecule has 0 aliphatic carbocycles. The van der Waals surface area contributed by atoms with Gasteiger partial charge in [-0.3, -0.25) is 0 Å². The predicted molar refractivity (Wildman–Crippen MR) is 92.2 cm³/mol. The molecular weight excluding hydrogens is 306 g/mol. The quantitative estimate of drug-likeness (QED) is 0.853. The Morgan fingerprint density at radius 2 is 1.38 bits per heavy atom. The van der Waals surface area contributed by atoms with Crippen molar-refractivity contribution < 1.29 is 19.4 Å². The van der Waals surface area contributed by atoms with Crippen molar-refractivity contribution >= 4 is 10.8 Å². The first kappa shape index (κ1) is 16.9. The highest BCUT2D eigenvalue weighted by Crippen LogP contribution is 2.55. The van der Waals surface area contributed by atoms with Crippen LogP contribution in [0.25, 0.3) is 10.8 Å². The van der Waals surface area contributed by atoms with Gasteiger partial charge in [0.15, 0.2) is 0 Å². The second-order valence-corrected chi connectivity index (χ2v) is 7.13. The molecule has 1 aliphatic heterocycles. The molecule has 24 heavy (non-hydrogen) atoms. The zero-order valence-electron chi connectivity index (χ0n) is 15.3. The van der Waals surface area contributed by atoms with Crippen LogP contribution in [0.3, 0.4) is 0 Å². The Kier molecular flexibility index (Phi) is 3.70. The van der Waals surface area contributed by atoms with Gasteiger partial charge >= 0.3 is 0 Å². The van der Waals surface area contributed by atoms with Crippen LogP contribution in [-0.4, -0.2) is 26.4 Å². The normalized spacial score (nSPS) is 18.5. The number of methoxy groups -OCH3 is 3. The molecule has 0 saturated carbocycles. The molecule has 0 atom stereocenters. The second-order valence-electron chi connectivity index (χ2n) is 7.13. The van der Waals surface area contributed by atoms with Gasteiger partial charge in [-0.15, -0.1) is 10.3 Å². The van der Waals surface area contributed by atoms with E-state index in [0.29, 0.717) is 11.5 Å². The molecule has 0 spiro atoms. The number of hydrogen-bond acceptors (Lipinski definition) is 4. The van der Waals surface area contributed by atoms with E-state index in [1.165, 1.54) is 0 Å². The first-order valence-corrected chi connectivity index (χ1v) is 7.95. The Bertz CT molecular complexity index is 811. The van der Waals surface area contributed by atoms with Gasteiger partial charge in [0.25, 0.3) is 0 Å². The Morgan fingerprint density at radius 1 is 0.792 bits per heavy atom. The summed E-state index contributed by atoms with van der Waals surface area (Å²) in [6, 6.07) is 5.69. The summed E-state index contributed by atoms with van der Waals surface area (Å²) in [5.74, 6) is 2.05. The van der Waals surface area contributed by atoms with Crippen LogP contribution >= 0.6 is 0 Å². The van der Waals surface area contributed by atoms with E-state index in [2.05, 4.69) is 0 Å². The van der Waals surface area contributed by atoms with E-state index in [-0.39, 0.29) is 0 Å². The molecule has 5 heteroatoms. The molecule has 129 valence electrons. The summed E-state index contributed by atoms with van der Waals surface area (Å²) in [6.07, 6.45) is 0. The minimum Gasteiger partial charge on any atom is -0.496 e. The van der Waals surface area contributed by atoms with Crippen LogP contribution in [0.2, 0.25) is 0 Å². The van der Waals surface area contributed by atoms with Crippen LogP contribution < -0.4 is 14.2 Å². The van der Waals surface area contributed by atoms with E-state index in [4.69, 9.17) is 14.2 Å². The van der Waals surface area contributed by atoms with Crippen molar-refractivity contribution in [3.8, 4) is 17.2 Å². The maximum atomic E-state index is 13.1. The molecule has 0 bridgehead atoms. The summed E-state index contributed by atoms with van der Waals surface area (Å²) in [7, 11) is 4.88. The van der Waals surface area contributed by atoms with E-state index in [0.717, 1.165) is 32.7 Å². The standard InChI is InChI=1S/C19H24NO4/c1-18(2)11-8-9-12(22-5)16-13(23-6)10-14(24-7)17(15(11)16)19(3,4)20(18)21/h8-10H,1-7H3. The van der Waals surface area contributed by atoms with Crippen molar-refractivity contribution in [3.05, 3.63) is 29.3 Å². The first-order valence-electron chi connectivity index (χ1n) is 7.95. The summed E-state index contributed by atoms with van der Waals surface area (Å²) in [4.78, 5) is 0. The van der Waals surface area contributed by atoms with Crippen LogP contribution in [0.5, 0.6) is 17.2 Å². The van der Waals surface area contributed by atoms with E-state index in [9.17, 15) is 5.21 Å². The molecule has 0 N–H and O–H groups in total. The average molecular weight is 330 g/mol. The monoisotopic (exact) mass is 330 g/mol. The highest BCUT2D eigenvalue weighted by atomic mass is 16.5.